The minimum atomic E-state index is 0.222. The molecule has 1 aromatic rings. The van der Waals surface area contributed by atoms with E-state index in [1.165, 1.54) is 16.7 Å². The zero-order valence-electron chi connectivity index (χ0n) is 11.5. The lowest BCUT2D eigenvalue weighted by atomic mass is 10.0. The van der Waals surface area contributed by atoms with Gasteiger partial charge in [0.15, 0.2) is 0 Å². The van der Waals surface area contributed by atoms with Crippen molar-refractivity contribution in [2.45, 2.75) is 45.4 Å². The topological polar surface area (TPSA) is 38.0 Å². The first-order chi connectivity index (χ1) is 7.83. The predicted molar refractivity (Wildman–Crippen MR) is 78.2 cm³/mol. The Hall–Kier alpha value is -0.510. The second-order valence-electron chi connectivity index (χ2n) is 5.50. The van der Waals surface area contributed by atoms with Gasteiger partial charge < -0.3 is 0 Å². The van der Waals surface area contributed by atoms with E-state index in [4.69, 9.17) is 5.84 Å². The van der Waals surface area contributed by atoms with Crippen molar-refractivity contribution in [1.82, 2.24) is 5.43 Å². The van der Waals surface area contributed by atoms with Gasteiger partial charge in [0.25, 0.3) is 0 Å². The Balaban J connectivity index is 2.79. The van der Waals surface area contributed by atoms with Crippen molar-refractivity contribution < 1.29 is 0 Å². The molecule has 0 aromatic heterocycles. The summed E-state index contributed by atoms with van der Waals surface area (Å²) in [5.74, 6) is 6.67. The van der Waals surface area contributed by atoms with E-state index in [9.17, 15) is 0 Å². The summed E-state index contributed by atoms with van der Waals surface area (Å²) in [6.45, 7) is 11.0. The Morgan fingerprint density at radius 2 is 1.94 bits per heavy atom. The van der Waals surface area contributed by atoms with Crippen LogP contribution in [0.15, 0.2) is 18.2 Å². The van der Waals surface area contributed by atoms with Crippen LogP contribution in [0.5, 0.6) is 0 Å². The zero-order chi connectivity index (χ0) is 13.1. The quantitative estimate of drug-likeness (QED) is 0.637. The highest BCUT2D eigenvalue weighted by atomic mass is 32.2. The minimum Gasteiger partial charge on any atom is -0.271 e. The molecule has 0 radical (unpaired) electrons. The van der Waals surface area contributed by atoms with E-state index in [-0.39, 0.29) is 10.8 Å². The molecule has 1 unspecified atom stereocenters. The van der Waals surface area contributed by atoms with Crippen LogP contribution >= 0.6 is 11.8 Å². The summed E-state index contributed by atoms with van der Waals surface area (Å²) in [7, 11) is 0. The van der Waals surface area contributed by atoms with Gasteiger partial charge in [-0.05, 0) is 25.0 Å². The maximum atomic E-state index is 5.68. The van der Waals surface area contributed by atoms with E-state index >= 15 is 0 Å². The molecule has 0 aliphatic carbocycles. The monoisotopic (exact) mass is 252 g/mol. The first-order valence-electron chi connectivity index (χ1n) is 6.01. The number of hydrazine groups is 1. The Kier molecular flexibility index (Phi) is 5.04. The first-order valence-corrected chi connectivity index (χ1v) is 6.99. The van der Waals surface area contributed by atoms with Crippen LogP contribution in [-0.4, -0.2) is 10.5 Å². The van der Waals surface area contributed by atoms with Gasteiger partial charge in [-0.1, -0.05) is 44.5 Å². The normalized spacial score (nSPS) is 13.8. The summed E-state index contributed by atoms with van der Waals surface area (Å²) in [6, 6.07) is 6.76. The van der Waals surface area contributed by atoms with E-state index in [2.05, 4.69) is 58.2 Å². The lowest BCUT2D eigenvalue weighted by molar-refractivity contribution is 0.604. The molecule has 3 heteroatoms. The fourth-order valence-electron chi connectivity index (χ4n) is 1.78. The highest BCUT2D eigenvalue weighted by Gasteiger charge is 2.17. The van der Waals surface area contributed by atoms with Crippen LogP contribution in [0, 0.1) is 13.8 Å². The van der Waals surface area contributed by atoms with Crippen LogP contribution in [0.4, 0.5) is 0 Å². The highest BCUT2D eigenvalue weighted by Crippen LogP contribution is 2.29. The maximum Gasteiger partial charge on any atom is 0.0553 e. The van der Waals surface area contributed by atoms with Crippen LogP contribution in [0.2, 0.25) is 0 Å². The molecule has 0 heterocycles. The molecular weight excluding hydrogens is 228 g/mol. The Labute approximate surface area is 109 Å². The molecule has 96 valence electrons. The summed E-state index contributed by atoms with van der Waals surface area (Å²) in [6.07, 6.45) is 0. The molecule has 0 saturated heterocycles. The van der Waals surface area contributed by atoms with E-state index in [1.54, 1.807) is 0 Å². The van der Waals surface area contributed by atoms with E-state index in [1.807, 2.05) is 11.8 Å². The van der Waals surface area contributed by atoms with Crippen molar-refractivity contribution in [3.63, 3.8) is 0 Å². The van der Waals surface area contributed by atoms with Gasteiger partial charge in [-0.15, -0.1) is 0 Å². The molecule has 2 nitrogen and oxygen atoms in total. The van der Waals surface area contributed by atoms with E-state index in [0.717, 1.165) is 5.75 Å². The van der Waals surface area contributed by atoms with Gasteiger partial charge in [-0.25, -0.2) is 0 Å². The lowest BCUT2D eigenvalue weighted by Gasteiger charge is -2.24. The molecular formula is C14H24N2S. The largest absolute Gasteiger partial charge is 0.271 e. The average Bonchev–Trinajstić information content (AvgIpc) is 2.19. The molecule has 0 aliphatic rings. The number of hydrogen-bond donors (Lipinski definition) is 2. The van der Waals surface area contributed by atoms with Crippen LogP contribution < -0.4 is 11.3 Å². The molecule has 1 aromatic carbocycles. The Morgan fingerprint density at radius 1 is 1.29 bits per heavy atom. The smallest absolute Gasteiger partial charge is 0.0553 e. The molecule has 1 rings (SSSR count). The van der Waals surface area contributed by atoms with Crippen LogP contribution in [0.25, 0.3) is 0 Å². The zero-order valence-corrected chi connectivity index (χ0v) is 12.3. The van der Waals surface area contributed by atoms with Gasteiger partial charge in [-0.3, -0.25) is 11.3 Å². The standard InChI is InChI=1S/C14H24N2S/c1-10-6-7-12(11(2)8-10)13(16-15)9-17-14(3,4)5/h6-8,13,16H,9,15H2,1-5H3. The summed E-state index contributed by atoms with van der Waals surface area (Å²) >= 11 is 1.93. The fraction of sp³-hybridized carbons (Fsp3) is 0.571. The number of aryl methyl sites for hydroxylation is 2. The van der Waals surface area contributed by atoms with Crippen molar-refractivity contribution >= 4 is 11.8 Å². The first kappa shape index (κ1) is 14.6. The average molecular weight is 252 g/mol. The third-order valence-electron chi connectivity index (χ3n) is 2.68. The van der Waals surface area contributed by atoms with Gasteiger partial charge in [-0.2, -0.15) is 11.8 Å². The number of rotatable bonds is 4. The lowest BCUT2D eigenvalue weighted by Crippen LogP contribution is -2.31. The number of nitrogens with two attached hydrogens (primary N) is 1. The number of hydrogen-bond acceptors (Lipinski definition) is 3. The third kappa shape index (κ3) is 4.70. The molecule has 0 fully saturated rings. The number of nitrogens with one attached hydrogen (secondary N) is 1. The van der Waals surface area contributed by atoms with Crippen LogP contribution in [-0.2, 0) is 0 Å². The minimum absolute atomic E-state index is 0.222. The van der Waals surface area contributed by atoms with Crippen molar-refractivity contribution in [2.24, 2.45) is 5.84 Å². The van der Waals surface area contributed by atoms with Gasteiger partial charge in [0.05, 0.1) is 6.04 Å². The maximum absolute atomic E-state index is 5.68. The SMILES string of the molecule is Cc1ccc(C(CSC(C)(C)C)NN)c(C)c1. The molecule has 0 bridgehead atoms. The van der Waals surface area contributed by atoms with E-state index < -0.39 is 0 Å². The van der Waals surface area contributed by atoms with Gasteiger partial charge in [0.1, 0.15) is 0 Å². The van der Waals surface area contributed by atoms with Crippen LogP contribution in [0.3, 0.4) is 0 Å². The second kappa shape index (κ2) is 5.89. The molecule has 1 atom stereocenters. The molecule has 0 aliphatic heterocycles. The van der Waals surface area contributed by atoms with Crippen molar-refractivity contribution in [1.29, 1.82) is 0 Å². The number of thioether (sulfide) groups is 1. The molecule has 0 spiro atoms. The summed E-state index contributed by atoms with van der Waals surface area (Å²) < 4.78 is 0.272. The van der Waals surface area contributed by atoms with Crippen molar-refractivity contribution in [3.8, 4) is 0 Å². The third-order valence-corrected chi connectivity index (χ3v) is 4.05. The van der Waals surface area contributed by atoms with Gasteiger partial charge in [0, 0.05) is 10.5 Å². The molecule has 0 amide bonds. The second-order valence-corrected chi connectivity index (χ2v) is 7.35. The molecule has 0 saturated carbocycles. The summed E-state index contributed by atoms with van der Waals surface area (Å²) in [5, 5.41) is 0. The number of benzene rings is 1. The van der Waals surface area contributed by atoms with Crippen molar-refractivity contribution in [2.75, 3.05) is 5.75 Å². The Morgan fingerprint density at radius 3 is 2.41 bits per heavy atom. The van der Waals surface area contributed by atoms with Gasteiger partial charge in [0.2, 0.25) is 0 Å². The predicted octanol–water partition coefficient (Wildman–Crippen LogP) is 3.34. The summed E-state index contributed by atoms with van der Waals surface area (Å²) in [4.78, 5) is 0. The Bertz CT molecular complexity index is 369. The summed E-state index contributed by atoms with van der Waals surface area (Å²) in [5.41, 5.74) is 6.84. The van der Waals surface area contributed by atoms with Crippen LogP contribution in [0.1, 0.15) is 43.5 Å². The molecule has 3 N–H and O–H groups in total. The van der Waals surface area contributed by atoms with E-state index in [0.29, 0.717) is 0 Å². The molecule has 17 heavy (non-hydrogen) atoms. The fourth-order valence-corrected chi connectivity index (χ4v) is 2.72. The van der Waals surface area contributed by atoms with Gasteiger partial charge >= 0.3 is 0 Å². The highest BCUT2D eigenvalue weighted by molar-refractivity contribution is 8.00. The van der Waals surface area contributed by atoms with Crippen molar-refractivity contribution in [3.05, 3.63) is 34.9 Å².